The van der Waals surface area contributed by atoms with Crippen molar-refractivity contribution >= 4 is 5.97 Å². The molecule has 0 saturated heterocycles. The SMILES string of the molecule is COC(=O)c1cc(-c2cc(C3CC3)on2)c(C)cn1. The number of ether oxygens (including phenoxy) is 1. The van der Waals surface area contributed by atoms with E-state index in [1.807, 2.05) is 13.0 Å². The summed E-state index contributed by atoms with van der Waals surface area (Å²) >= 11 is 0. The maximum atomic E-state index is 11.5. The van der Waals surface area contributed by atoms with Gasteiger partial charge in [0.05, 0.1) is 7.11 Å². The fourth-order valence-electron chi connectivity index (χ4n) is 1.99. The minimum atomic E-state index is -0.452. The van der Waals surface area contributed by atoms with Gasteiger partial charge >= 0.3 is 5.97 Å². The van der Waals surface area contributed by atoms with Crippen LogP contribution in [0, 0.1) is 6.92 Å². The quantitative estimate of drug-likeness (QED) is 0.792. The van der Waals surface area contributed by atoms with Crippen molar-refractivity contribution in [2.45, 2.75) is 25.7 Å². The van der Waals surface area contributed by atoms with Gasteiger partial charge in [0.2, 0.25) is 0 Å². The van der Waals surface area contributed by atoms with Gasteiger partial charge in [0.15, 0.2) is 0 Å². The second kappa shape index (κ2) is 4.50. The highest BCUT2D eigenvalue weighted by molar-refractivity contribution is 5.88. The number of nitrogens with zero attached hydrogens (tertiary/aromatic N) is 2. The molecule has 0 unspecified atom stereocenters. The molecule has 0 amide bonds. The fourth-order valence-corrected chi connectivity index (χ4v) is 1.99. The van der Waals surface area contributed by atoms with Crippen LogP contribution < -0.4 is 0 Å². The molecule has 2 aromatic heterocycles. The number of methoxy groups -OCH3 is 1. The summed E-state index contributed by atoms with van der Waals surface area (Å²) in [6.07, 6.45) is 3.97. The van der Waals surface area contributed by atoms with Gasteiger partial charge in [0.25, 0.3) is 0 Å². The number of aryl methyl sites for hydroxylation is 1. The van der Waals surface area contributed by atoms with Crippen LogP contribution in [-0.4, -0.2) is 23.2 Å². The molecule has 3 rings (SSSR count). The molecule has 19 heavy (non-hydrogen) atoms. The second-order valence-corrected chi connectivity index (χ2v) is 4.76. The van der Waals surface area contributed by atoms with Gasteiger partial charge in [-0.2, -0.15) is 0 Å². The Morgan fingerprint density at radius 3 is 2.89 bits per heavy atom. The first-order chi connectivity index (χ1) is 9.19. The van der Waals surface area contributed by atoms with Gasteiger partial charge in [-0.1, -0.05) is 5.16 Å². The Bertz CT molecular complexity index is 629. The Labute approximate surface area is 110 Å². The molecule has 2 aromatic rings. The molecule has 0 radical (unpaired) electrons. The zero-order valence-corrected chi connectivity index (χ0v) is 10.8. The fraction of sp³-hybridized carbons (Fsp3) is 0.357. The topological polar surface area (TPSA) is 65.2 Å². The first-order valence-corrected chi connectivity index (χ1v) is 6.21. The van der Waals surface area contributed by atoms with E-state index in [9.17, 15) is 4.79 Å². The molecule has 5 nitrogen and oxygen atoms in total. The maximum Gasteiger partial charge on any atom is 0.356 e. The van der Waals surface area contributed by atoms with Gasteiger partial charge in [-0.05, 0) is 31.4 Å². The molecular weight excluding hydrogens is 244 g/mol. The van der Waals surface area contributed by atoms with Crippen LogP contribution in [-0.2, 0) is 4.74 Å². The van der Waals surface area contributed by atoms with Gasteiger partial charge in [-0.15, -0.1) is 0 Å². The van der Waals surface area contributed by atoms with Crippen LogP contribution in [0.2, 0.25) is 0 Å². The summed E-state index contributed by atoms with van der Waals surface area (Å²) in [6.45, 7) is 1.93. The highest BCUT2D eigenvalue weighted by atomic mass is 16.5. The molecule has 0 N–H and O–H groups in total. The van der Waals surface area contributed by atoms with E-state index in [1.165, 1.54) is 7.11 Å². The van der Waals surface area contributed by atoms with Crippen molar-refractivity contribution in [1.29, 1.82) is 0 Å². The van der Waals surface area contributed by atoms with E-state index < -0.39 is 5.97 Å². The summed E-state index contributed by atoms with van der Waals surface area (Å²) in [6, 6.07) is 3.64. The standard InChI is InChI=1S/C14H14N2O3/c1-8-7-15-12(14(17)18-2)5-10(8)11-6-13(19-16-11)9-3-4-9/h5-7,9H,3-4H2,1-2H3. The maximum absolute atomic E-state index is 11.5. The number of pyridine rings is 1. The normalized spacial score (nSPS) is 14.4. The lowest BCUT2D eigenvalue weighted by Gasteiger charge is -2.04. The van der Waals surface area contributed by atoms with E-state index in [2.05, 4.69) is 14.9 Å². The largest absolute Gasteiger partial charge is 0.464 e. The van der Waals surface area contributed by atoms with Crippen LogP contribution in [0.4, 0.5) is 0 Å². The van der Waals surface area contributed by atoms with E-state index in [4.69, 9.17) is 4.52 Å². The molecule has 0 bridgehead atoms. The Balaban J connectivity index is 1.99. The third-order valence-electron chi connectivity index (χ3n) is 3.28. The van der Waals surface area contributed by atoms with Gasteiger partial charge in [-0.3, -0.25) is 0 Å². The summed E-state index contributed by atoms with van der Waals surface area (Å²) in [5.74, 6) is 0.987. The lowest BCUT2D eigenvalue weighted by atomic mass is 10.1. The van der Waals surface area contributed by atoms with Crippen molar-refractivity contribution in [3.05, 3.63) is 35.3 Å². The Kier molecular flexibility index (Phi) is 2.81. The molecule has 1 saturated carbocycles. The lowest BCUT2D eigenvalue weighted by Crippen LogP contribution is -2.04. The highest BCUT2D eigenvalue weighted by Gasteiger charge is 2.28. The minimum Gasteiger partial charge on any atom is -0.464 e. The van der Waals surface area contributed by atoms with Crippen LogP contribution in [0.1, 0.15) is 40.6 Å². The molecule has 1 fully saturated rings. The number of aromatic nitrogens is 2. The number of carbonyl (C=O) groups excluding carboxylic acids is 1. The summed E-state index contributed by atoms with van der Waals surface area (Å²) in [7, 11) is 1.34. The zero-order chi connectivity index (χ0) is 13.4. The molecule has 0 aliphatic heterocycles. The zero-order valence-electron chi connectivity index (χ0n) is 10.8. The van der Waals surface area contributed by atoms with E-state index in [0.717, 1.165) is 35.4 Å². The molecule has 98 valence electrons. The van der Waals surface area contributed by atoms with Crippen LogP contribution in [0.25, 0.3) is 11.3 Å². The number of esters is 1. The van der Waals surface area contributed by atoms with Crippen molar-refractivity contribution in [3.63, 3.8) is 0 Å². The third kappa shape index (κ3) is 2.23. The lowest BCUT2D eigenvalue weighted by molar-refractivity contribution is 0.0594. The summed E-state index contributed by atoms with van der Waals surface area (Å²) in [4.78, 5) is 15.6. The highest BCUT2D eigenvalue weighted by Crippen LogP contribution is 2.41. The molecule has 0 spiro atoms. The van der Waals surface area contributed by atoms with Crippen LogP contribution in [0.3, 0.4) is 0 Å². The monoisotopic (exact) mass is 258 g/mol. The average molecular weight is 258 g/mol. The van der Waals surface area contributed by atoms with E-state index in [1.54, 1.807) is 12.3 Å². The second-order valence-electron chi connectivity index (χ2n) is 4.76. The molecule has 5 heteroatoms. The van der Waals surface area contributed by atoms with Crippen molar-refractivity contribution in [3.8, 4) is 11.3 Å². The van der Waals surface area contributed by atoms with Crippen molar-refractivity contribution in [2.24, 2.45) is 0 Å². The van der Waals surface area contributed by atoms with Gasteiger partial charge in [0, 0.05) is 23.7 Å². The van der Waals surface area contributed by atoms with E-state index >= 15 is 0 Å². The Morgan fingerprint density at radius 1 is 1.42 bits per heavy atom. The van der Waals surface area contributed by atoms with Gasteiger partial charge in [-0.25, -0.2) is 9.78 Å². The van der Waals surface area contributed by atoms with Crippen molar-refractivity contribution in [1.82, 2.24) is 10.1 Å². The van der Waals surface area contributed by atoms with Crippen LogP contribution >= 0.6 is 0 Å². The Morgan fingerprint density at radius 2 is 2.21 bits per heavy atom. The van der Waals surface area contributed by atoms with Crippen LogP contribution in [0.15, 0.2) is 22.9 Å². The smallest absolute Gasteiger partial charge is 0.356 e. The third-order valence-corrected chi connectivity index (χ3v) is 3.28. The van der Waals surface area contributed by atoms with Crippen molar-refractivity contribution < 1.29 is 14.1 Å². The molecule has 1 aliphatic carbocycles. The van der Waals surface area contributed by atoms with Gasteiger partial charge < -0.3 is 9.26 Å². The predicted molar refractivity (Wildman–Crippen MR) is 67.8 cm³/mol. The summed E-state index contributed by atoms with van der Waals surface area (Å²) < 4.78 is 10.0. The number of hydrogen-bond donors (Lipinski definition) is 0. The first kappa shape index (κ1) is 11.9. The number of carbonyl (C=O) groups is 1. The van der Waals surface area contributed by atoms with Crippen LogP contribution in [0.5, 0.6) is 0 Å². The first-order valence-electron chi connectivity index (χ1n) is 6.21. The molecular formula is C14H14N2O3. The van der Waals surface area contributed by atoms with Gasteiger partial charge in [0.1, 0.15) is 17.1 Å². The number of rotatable bonds is 3. The molecule has 2 heterocycles. The van der Waals surface area contributed by atoms with E-state index in [-0.39, 0.29) is 5.69 Å². The molecule has 1 aliphatic rings. The predicted octanol–water partition coefficient (Wildman–Crippen LogP) is 2.71. The summed E-state index contributed by atoms with van der Waals surface area (Å²) in [5.41, 5.74) is 2.82. The number of hydrogen-bond acceptors (Lipinski definition) is 5. The Hall–Kier alpha value is -2.17. The summed E-state index contributed by atoms with van der Waals surface area (Å²) in [5, 5.41) is 4.08. The molecule has 0 aromatic carbocycles. The average Bonchev–Trinajstić information content (AvgIpc) is 3.17. The molecule has 0 atom stereocenters. The van der Waals surface area contributed by atoms with E-state index in [0.29, 0.717) is 5.92 Å². The minimum absolute atomic E-state index is 0.277. The van der Waals surface area contributed by atoms with Crippen molar-refractivity contribution in [2.75, 3.05) is 7.11 Å².